The highest BCUT2D eigenvalue weighted by Gasteiger charge is 2.25. The summed E-state index contributed by atoms with van der Waals surface area (Å²) in [4.78, 5) is 23.7. The van der Waals surface area contributed by atoms with Gasteiger partial charge in [0.15, 0.2) is 0 Å². The van der Waals surface area contributed by atoms with Gasteiger partial charge in [0.1, 0.15) is 12.2 Å². The molecule has 6 nitrogen and oxygen atoms in total. The first-order valence-corrected chi connectivity index (χ1v) is 7.45. The summed E-state index contributed by atoms with van der Waals surface area (Å²) in [5.41, 5.74) is 0.406. The zero-order chi connectivity index (χ0) is 16.8. The number of ether oxygens (including phenoxy) is 2. The first-order valence-electron chi connectivity index (χ1n) is 7.45. The number of hydrogen-bond acceptors (Lipinski definition) is 6. The standard InChI is InChI=1S/C17H20O6/c1-11-9-13(23-17(21)12-5-3-2-4-6-12)7-8-14(18)15(19)10-16(20)22-11/h2-8,11,13-15,18-19H,9-10H2,1H3. The minimum atomic E-state index is -1.26. The van der Waals surface area contributed by atoms with Crippen LogP contribution in [0.5, 0.6) is 0 Å². The zero-order valence-corrected chi connectivity index (χ0v) is 12.8. The van der Waals surface area contributed by atoms with Crippen LogP contribution in [0.4, 0.5) is 0 Å². The molecule has 4 unspecified atom stereocenters. The van der Waals surface area contributed by atoms with Crippen LogP contribution in [0.25, 0.3) is 0 Å². The number of rotatable bonds is 2. The molecule has 4 atom stereocenters. The van der Waals surface area contributed by atoms with E-state index >= 15 is 0 Å². The molecule has 124 valence electrons. The monoisotopic (exact) mass is 320 g/mol. The highest BCUT2D eigenvalue weighted by molar-refractivity contribution is 5.89. The summed E-state index contributed by atoms with van der Waals surface area (Å²) in [6, 6.07) is 8.51. The van der Waals surface area contributed by atoms with E-state index in [2.05, 4.69) is 0 Å². The molecule has 6 heteroatoms. The van der Waals surface area contributed by atoms with Crippen LogP contribution in [0.3, 0.4) is 0 Å². The minimum absolute atomic E-state index is 0.267. The van der Waals surface area contributed by atoms with Gasteiger partial charge in [0.05, 0.1) is 24.2 Å². The van der Waals surface area contributed by atoms with Crippen molar-refractivity contribution in [1.82, 2.24) is 0 Å². The summed E-state index contributed by atoms with van der Waals surface area (Å²) >= 11 is 0. The van der Waals surface area contributed by atoms with Gasteiger partial charge in [-0.15, -0.1) is 0 Å². The van der Waals surface area contributed by atoms with Crippen LogP contribution >= 0.6 is 0 Å². The summed E-state index contributed by atoms with van der Waals surface area (Å²) < 4.78 is 10.5. The maximum atomic E-state index is 12.1. The van der Waals surface area contributed by atoms with Gasteiger partial charge in [-0.3, -0.25) is 4.79 Å². The third kappa shape index (κ3) is 5.19. The number of cyclic esters (lactones) is 1. The molecule has 1 heterocycles. The van der Waals surface area contributed by atoms with Crippen LogP contribution in [0.15, 0.2) is 42.5 Å². The molecule has 0 fully saturated rings. The lowest BCUT2D eigenvalue weighted by molar-refractivity contribution is -0.152. The van der Waals surface area contributed by atoms with Crippen molar-refractivity contribution in [1.29, 1.82) is 0 Å². The smallest absolute Gasteiger partial charge is 0.338 e. The fourth-order valence-corrected chi connectivity index (χ4v) is 2.25. The second-order valence-electron chi connectivity index (χ2n) is 5.49. The fraction of sp³-hybridized carbons (Fsp3) is 0.412. The predicted molar refractivity (Wildman–Crippen MR) is 81.6 cm³/mol. The van der Waals surface area contributed by atoms with E-state index < -0.39 is 36.4 Å². The second kappa shape index (κ2) is 7.89. The van der Waals surface area contributed by atoms with Crippen molar-refractivity contribution in [3.63, 3.8) is 0 Å². The molecule has 0 aromatic heterocycles. The number of carbonyl (C=O) groups excluding carboxylic acids is 2. The molecule has 23 heavy (non-hydrogen) atoms. The van der Waals surface area contributed by atoms with E-state index in [9.17, 15) is 19.8 Å². The molecular weight excluding hydrogens is 300 g/mol. The van der Waals surface area contributed by atoms with Crippen molar-refractivity contribution in [2.24, 2.45) is 0 Å². The van der Waals surface area contributed by atoms with Gasteiger partial charge in [0.25, 0.3) is 0 Å². The lowest BCUT2D eigenvalue weighted by atomic mass is 10.1. The van der Waals surface area contributed by atoms with Gasteiger partial charge in [0, 0.05) is 6.42 Å². The molecule has 1 aromatic carbocycles. The Kier molecular flexibility index (Phi) is 5.90. The van der Waals surface area contributed by atoms with E-state index in [4.69, 9.17) is 9.47 Å². The average Bonchev–Trinajstić information content (AvgIpc) is 2.51. The maximum Gasteiger partial charge on any atom is 0.338 e. The van der Waals surface area contributed by atoms with Gasteiger partial charge < -0.3 is 19.7 Å². The largest absolute Gasteiger partial charge is 0.462 e. The molecule has 0 amide bonds. The van der Waals surface area contributed by atoms with Gasteiger partial charge in [0.2, 0.25) is 0 Å². The van der Waals surface area contributed by atoms with Gasteiger partial charge >= 0.3 is 11.9 Å². The Morgan fingerprint density at radius 2 is 1.91 bits per heavy atom. The normalized spacial score (nSPS) is 28.7. The topological polar surface area (TPSA) is 93.1 Å². The quantitative estimate of drug-likeness (QED) is 0.628. The Bertz CT molecular complexity index is 568. The number of benzene rings is 1. The van der Waals surface area contributed by atoms with E-state index in [1.165, 1.54) is 12.2 Å². The lowest BCUT2D eigenvalue weighted by Crippen LogP contribution is -2.32. The average molecular weight is 320 g/mol. The molecule has 0 saturated carbocycles. The second-order valence-corrected chi connectivity index (χ2v) is 5.49. The summed E-state index contributed by atoms with van der Waals surface area (Å²) in [5, 5.41) is 19.5. The van der Waals surface area contributed by atoms with Crippen molar-refractivity contribution in [2.75, 3.05) is 0 Å². The maximum absolute atomic E-state index is 12.1. The van der Waals surface area contributed by atoms with Crippen molar-refractivity contribution in [3.05, 3.63) is 48.0 Å². The molecule has 0 bridgehead atoms. The summed E-state index contributed by atoms with van der Waals surface area (Å²) in [6.45, 7) is 1.68. The summed E-state index contributed by atoms with van der Waals surface area (Å²) in [6.07, 6.45) is -0.825. The predicted octanol–water partition coefficient (Wildman–Crippen LogP) is 1.22. The third-order valence-electron chi connectivity index (χ3n) is 3.46. The number of aliphatic hydroxyl groups is 2. The van der Waals surface area contributed by atoms with Crippen molar-refractivity contribution >= 4 is 11.9 Å². The lowest BCUT2D eigenvalue weighted by Gasteiger charge is -2.23. The molecule has 0 spiro atoms. The van der Waals surface area contributed by atoms with Crippen molar-refractivity contribution in [2.45, 2.75) is 44.2 Å². The Morgan fingerprint density at radius 1 is 1.22 bits per heavy atom. The van der Waals surface area contributed by atoms with Crippen LogP contribution in [0.1, 0.15) is 30.1 Å². The number of aliphatic hydroxyl groups excluding tert-OH is 2. The van der Waals surface area contributed by atoms with E-state index in [0.717, 1.165) is 0 Å². The summed E-state index contributed by atoms with van der Waals surface area (Å²) in [5.74, 6) is -1.11. The van der Waals surface area contributed by atoms with Crippen LogP contribution in [0, 0.1) is 0 Å². The van der Waals surface area contributed by atoms with E-state index in [-0.39, 0.29) is 12.8 Å². The molecule has 1 aliphatic rings. The molecule has 2 N–H and O–H groups in total. The van der Waals surface area contributed by atoms with Crippen molar-refractivity contribution in [3.8, 4) is 0 Å². The number of carbonyl (C=O) groups is 2. The number of hydrogen-bond donors (Lipinski definition) is 2. The Hall–Kier alpha value is -2.18. The third-order valence-corrected chi connectivity index (χ3v) is 3.46. The number of esters is 2. The highest BCUT2D eigenvalue weighted by atomic mass is 16.6. The first kappa shape index (κ1) is 17.2. The SMILES string of the molecule is CC1CC(OC(=O)c2ccccc2)C=CC(O)C(O)CC(=O)O1. The van der Waals surface area contributed by atoms with E-state index in [1.54, 1.807) is 37.3 Å². The fourth-order valence-electron chi connectivity index (χ4n) is 2.25. The van der Waals surface area contributed by atoms with Gasteiger partial charge in [-0.2, -0.15) is 0 Å². The molecule has 1 aromatic rings. The summed E-state index contributed by atoms with van der Waals surface area (Å²) in [7, 11) is 0. The van der Waals surface area contributed by atoms with Crippen LogP contribution in [-0.4, -0.2) is 46.6 Å². The highest BCUT2D eigenvalue weighted by Crippen LogP contribution is 2.15. The molecular formula is C17H20O6. The molecule has 0 aliphatic carbocycles. The Labute approximate surface area is 134 Å². The zero-order valence-electron chi connectivity index (χ0n) is 12.8. The molecule has 0 saturated heterocycles. The Morgan fingerprint density at radius 3 is 2.61 bits per heavy atom. The first-order chi connectivity index (χ1) is 11.0. The van der Waals surface area contributed by atoms with Gasteiger partial charge in [-0.05, 0) is 25.1 Å². The van der Waals surface area contributed by atoms with Gasteiger partial charge in [-0.25, -0.2) is 4.79 Å². The molecule has 1 aliphatic heterocycles. The Balaban J connectivity index is 2.11. The van der Waals surface area contributed by atoms with Crippen LogP contribution < -0.4 is 0 Å². The van der Waals surface area contributed by atoms with E-state index in [1.807, 2.05) is 0 Å². The molecule has 2 rings (SSSR count). The van der Waals surface area contributed by atoms with Gasteiger partial charge in [-0.1, -0.05) is 24.3 Å². The van der Waals surface area contributed by atoms with Crippen LogP contribution in [0.2, 0.25) is 0 Å². The van der Waals surface area contributed by atoms with E-state index in [0.29, 0.717) is 5.56 Å². The molecule has 0 radical (unpaired) electrons. The van der Waals surface area contributed by atoms with Crippen LogP contribution in [-0.2, 0) is 14.3 Å². The van der Waals surface area contributed by atoms with Crippen molar-refractivity contribution < 1.29 is 29.3 Å². The minimum Gasteiger partial charge on any atom is -0.462 e.